The molecule has 0 spiro atoms. The molecule has 1 unspecified atom stereocenters. The summed E-state index contributed by atoms with van der Waals surface area (Å²) in [7, 11) is 0. The SMILES string of the molecule is CC1(C)[C@H](NC(=O)/C(=N\OCC(=O)O)c2csc(N)n2)C(=O)N1OC(CO)C(=O)O. The van der Waals surface area contributed by atoms with Crippen molar-refractivity contribution < 1.29 is 44.2 Å². The Kier molecular flexibility index (Phi) is 6.91. The van der Waals surface area contributed by atoms with Gasteiger partial charge in [-0.15, -0.1) is 11.3 Å². The highest BCUT2D eigenvalue weighted by Gasteiger charge is 2.57. The molecule has 0 aromatic carbocycles. The first-order chi connectivity index (χ1) is 14.0. The average molecular weight is 445 g/mol. The Balaban J connectivity index is 2.16. The number of aromatic nitrogens is 1. The van der Waals surface area contributed by atoms with Gasteiger partial charge >= 0.3 is 11.9 Å². The number of hydrogen-bond acceptors (Lipinski definition) is 11. The molecule has 1 aliphatic rings. The van der Waals surface area contributed by atoms with E-state index in [0.717, 1.165) is 16.4 Å². The highest BCUT2D eigenvalue weighted by atomic mass is 32.1. The fourth-order valence-electron chi connectivity index (χ4n) is 2.42. The number of amides is 2. The number of carboxylic acid groups (broad SMARTS) is 2. The van der Waals surface area contributed by atoms with Crippen LogP contribution in [0.5, 0.6) is 0 Å². The Morgan fingerprint density at radius 3 is 2.57 bits per heavy atom. The molecule has 1 aliphatic heterocycles. The number of β-lactam (4-membered cyclic amide) rings is 1. The number of carboxylic acids is 2. The van der Waals surface area contributed by atoms with Crippen LogP contribution in [0.25, 0.3) is 0 Å². The number of thiazole rings is 1. The molecule has 2 heterocycles. The third-order valence-corrected chi connectivity index (χ3v) is 4.62. The largest absolute Gasteiger partial charge is 0.479 e. The van der Waals surface area contributed by atoms with Crippen molar-refractivity contribution in [3.8, 4) is 0 Å². The smallest absolute Gasteiger partial charge is 0.344 e. The van der Waals surface area contributed by atoms with E-state index >= 15 is 0 Å². The highest BCUT2D eigenvalue weighted by molar-refractivity contribution is 7.13. The van der Waals surface area contributed by atoms with E-state index in [0.29, 0.717) is 0 Å². The zero-order valence-electron chi connectivity index (χ0n) is 15.8. The predicted molar refractivity (Wildman–Crippen MR) is 99.1 cm³/mol. The minimum absolute atomic E-state index is 0.00398. The van der Waals surface area contributed by atoms with Gasteiger partial charge in [-0.1, -0.05) is 5.16 Å². The second-order valence-corrected chi connectivity index (χ2v) is 7.38. The second kappa shape index (κ2) is 9.02. The van der Waals surface area contributed by atoms with Crippen LogP contribution in [0.3, 0.4) is 0 Å². The maximum absolute atomic E-state index is 12.7. The molecule has 164 valence electrons. The first-order valence-corrected chi connectivity index (χ1v) is 9.15. The quantitative estimate of drug-likeness (QED) is 0.151. The molecule has 0 radical (unpaired) electrons. The Labute approximate surface area is 172 Å². The zero-order valence-corrected chi connectivity index (χ0v) is 16.6. The molecule has 2 rings (SSSR count). The number of nitrogens with zero attached hydrogens (tertiary/aromatic N) is 3. The number of rotatable bonds is 10. The number of nitrogens with two attached hydrogens (primary N) is 1. The molecule has 2 amide bonds. The summed E-state index contributed by atoms with van der Waals surface area (Å²) in [5, 5.41) is 34.8. The molecule has 30 heavy (non-hydrogen) atoms. The number of hydroxylamine groups is 2. The van der Waals surface area contributed by atoms with E-state index in [9.17, 15) is 19.2 Å². The normalized spacial score (nSPS) is 19.0. The van der Waals surface area contributed by atoms with E-state index in [-0.39, 0.29) is 10.8 Å². The molecule has 14 nitrogen and oxygen atoms in total. The van der Waals surface area contributed by atoms with Crippen molar-refractivity contribution in [2.45, 2.75) is 31.5 Å². The average Bonchev–Trinajstić information content (AvgIpc) is 3.08. The Morgan fingerprint density at radius 1 is 1.43 bits per heavy atom. The molecule has 1 aromatic rings. The summed E-state index contributed by atoms with van der Waals surface area (Å²) in [4.78, 5) is 60.2. The van der Waals surface area contributed by atoms with Crippen LogP contribution in [0.15, 0.2) is 10.5 Å². The van der Waals surface area contributed by atoms with E-state index < -0.39 is 60.4 Å². The van der Waals surface area contributed by atoms with Crippen LogP contribution in [0.2, 0.25) is 0 Å². The van der Waals surface area contributed by atoms with Crippen molar-refractivity contribution in [3.63, 3.8) is 0 Å². The predicted octanol–water partition coefficient (Wildman–Crippen LogP) is -1.99. The molecular formula is C15H19N5O9S. The van der Waals surface area contributed by atoms with E-state index in [4.69, 9.17) is 25.9 Å². The van der Waals surface area contributed by atoms with Gasteiger partial charge < -0.3 is 31.2 Å². The van der Waals surface area contributed by atoms with Crippen LogP contribution in [0.1, 0.15) is 19.5 Å². The molecule has 6 N–H and O–H groups in total. The summed E-state index contributed by atoms with van der Waals surface area (Å²) < 4.78 is 0. The van der Waals surface area contributed by atoms with Gasteiger partial charge in [0.2, 0.25) is 12.7 Å². The number of hydrogen-bond donors (Lipinski definition) is 5. The van der Waals surface area contributed by atoms with Crippen LogP contribution in [-0.4, -0.2) is 85.7 Å². The lowest BCUT2D eigenvalue weighted by Gasteiger charge is -2.52. The first kappa shape index (κ1) is 23.0. The van der Waals surface area contributed by atoms with Gasteiger partial charge in [0.05, 0.1) is 12.1 Å². The van der Waals surface area contributed by atoms with E-state index in [1.165, 1.54) is 19.2 Å². The van der Waals surface area contributed by atoms with Crippen molar-refractivity contribution in [3.05, 3.63) is 11.1 Å². The topological polar surface area (TPSA) is 214 Å². The van der Waals surface area contributed by atoms with Crippen molar-refractivity contribution in [2.24, 2.45) is 5.16 Å². The van der Waals surface area contributed by atoms with Crippen LogP contribution >= 0.6 is 11.3 Å². The molecular weight excluding hydrogens is 426 g/mol. The number of nitrogen functional groups attached to an aromatic ring is 1. The molecule has 2 atom stereocenters. The minimum Gasteiger partial charge on any atom is -0.479 e. The maximum Gasteiger partial charge on any atom is 0.344 e. The van der Waals surface area contributed by atoms with E-state index in [1.54, 1.807) is 0 Å². The summed E-state index contributed by atoms with van der Waals surface area (Å²) in [5.74, 6) is -4.47. The van der Waals surface area contributed by atoms with Crippen LogP contribution in [-0.2, 0) is 28.9 Å². The standard InChI is InChI=1S/C15H19N5O9S/c1-15(2)10(12(25)20(15)29-7(3-21)13(26)27)18-11(24)9(19-28-4-8(22)23)6-5-30-14(16)17-6/h5,7,10,21H,3-4H2,1-2H3,(H2,16,17)(H,18,24)(H,22,23)(H,26,27)/b19-9-/t7?,10-/m1/s1. The number of aliphatic hydroxyl groups excluding tert-OH is 1. The maximum atomic E-state index is 12.7. The first-order valence-electron chi connectivity index (χ1n) is 8.27. The van der Waals surface area contributed by atoms with E-state index in [2.05, 4.69) is 20.3 Å². The van der Waals surface area contributed by atoms with E-state index in [1.807, 2.05) is 0 Å². The van der Waals surface area contributed by atoms with Crippen molar-refractivity contribution >= 4 is 45.9 Å². The van der Waals surface area contributed by atoms with Gasteiger partial charge in [0.15, 0.2) is 10.8 Å². The summed E-state index contributed by atoms with van der Waals surface area (Å²) >= 11 is 1.00. The third kappa shape index (κ3) is 4.81. The number of oxime groups is 1. The summed E-state index contributed by atoms with van der Waals surface area (Å²) in [6.45, 7) is 1.31. The molecule has 0 saturated carbocycles. The molecule has 1 fully saturated rings. The highest BCUT2D eigenvalue weighted by Crippen LogP contribution is 2.32. The Hall–Kier alpha value is -3.30. The summed E-state index contributed by atoms with van der Waals surface area (Å²) in [6, 6.07) is -1.14. The fraction of sp³-hybridized carbons (Fsp3) is 0.467. The monoisotopic (exact) mass is 445 g/mol. The van der Waals surface area contributed by atoms with Gasteiger partial charge in [-0.25, -0.2) is 19.6 Å². The van der Waals surface area contributed by atoms with Crippen molar-refractivity contribution in [1.29, 1.82) is 0 Å². The number of aliphatic hydroxyl groups is 1. The number of aliphatic carboxylic acids is 2. The number of anilines is 1. The lowest BCUT2D eigenvalue weighted by molar-refractivity contribution is -0.278. The van der Waals surface area contributed by atoms with Gasteiger partial charge in [-0.05, 0) is 13.8 Å². The van der Waals surface area contributed by atoms with Crippen LogP contribution < -0.4 is 11.1 Å². The third-order valence-electron chi connectivity index (χ3n) is 3.95. The second-order valence-electron chi connectivity index (χ2n) is 6.49. The lowest BCUT2D eigenvalue weighted by Crippen LogP contribution is -2.77. The van der Waals surface area contributed by atoms with Gasteiger partial charge in [-0.3, -0.25) is 14.4 Å². The van der Waals surface area contributed by atoms with Gasteiger partial charge in [-0.2, -0.15) is 0 Å². The van der Waals surface area contributed by atoms with Crippen molar-refractivity contribution in [1.82, 2.24) is 15.4 Å². The summed E-state index contributed by atoms with van der Waals surface area (Å²) in [6.07, 6.45) is -1.66. The van der Waals surface area contributed by atoms with Crippen LogP contribution in [0.4, 0.5) is 5.13 Å². The zero-order chi connectivity index (χ0) is 22.6. The summed E-state index contributed by atoms with van der Waals surface area (Å²) in [5.41, 5.74) is 3.96. The van der Waals surface area contributed by atoms with Gasteiger partial charge in [0, 0.05) is 5.38 Å². The molecule has 1 aromatic heterocycles. The molecule has 15 heteroatoms. The van der Waals surface area contributed by atoms with Gasteiger partial charge in [0.25, 0.3) is 11.8 Å². The Bertz CT molecular complexity index is 884. The van der Waals surface area contributed by atoms with Gasteiger partial charge in [0.1, 0.15) is 11.7 Å². The number of carbonyl (C=O) groups is 4. The van der Waals surface area contributed by atoms with Crippen molar-refractivity contribution in [2.75, 3.05) is 18.9 Å². The number of carbonyl (C=O) groups excluding carboxylic acids is 2. The van der Waals surface area contributed by atoms with Crippen LogP contribution in [0, 0.1) is 0 Å². The molecule has 1 saturated heterocycles. The minimum atomic E-state index is -1.66. The molecule has 0 aliphatic carbocycles. The molecule has 0 bridgehead atoms. The number of nitrogens with one attached hydrogen (secondary N) is 1. The Morgan fingerprint density at radius 2 is 2.10 bits per heavy atom. The fourth-order valence-corrected chi connectivity index (χ4v) is 2.96. The lowest BCUT2D eigenvalue weighted by atomic mass is 9.84.